The Morgan fingerprint density at radius 3 is 2.43 bits per heavy atom. The number of phenols is 1. The van der Waals surface area contributed by atoms with Gasteiger partial charge in [-0.3, -0.25) is 4.31 Å². The number of hydrogen-bond acceptors (Lipinski definition) is 4. The Labute approximate surface area is 124 Å². The number of aromatic hydroxyl groups is 1. The Morgan fingerprint density at radius 1 is 1.19 bits per heavy atom. The molecule has 0 bridgehead atoms. The van der Waals surface area contributed by atoms with E-state index in [1.807, 2.05) is 19.1 Å². The van der Waals surface area contributed by atoms with Gasteiger partial charge in [-0.15, -0.1) is 0 Å². The van der Waals surface area contributed by atoms with Gasteiger partial charge in [-0.2, -0.15) is 0 Å². The van der Waals surface area contributed by atoms with Gasteiger partial charge in [0.15, 0.2) is 0 Å². The van der Waals surface area contributed by atoms with Crippen LogP contribution in [0.5, 0.6) is 5.75 Å². The van der Waals surface area contributed by atoms with Crippen molar-refractivity contribution in [3.8, 4) is 5.75 Å². The highest BCUT2D eigenvalue weighted by Crippen LogP contribution is 2.29. The molecule has 0 spiro atoms. The predicted octanol–water partition coefficient (Wildman–Crippen LogP) is 2.50. The second-order valence-electron chi connectivity index (χ2n) is 4.68. The molecule has 2 rings (SSSR count). The third kappa shape index (κ3) is 2.80. The van der Waals surface area contributed by atoms with E-state index >= 15 is 0 Å². The zero-order valence-corrected chi connectivity index (χ0v) is 12.8. The summed E-state index contributed by atoms with van der Waals surface area (Å²) in [6.07, 6.45) is 0. The molecule has 0 saturated heterocycles. The SMILES string of the molecule is CCN(c1ccccc1C)S(=O)(=O)c1ccc(O)c(N)c1. The van der Waals surface area contributed by atoms with Crippen molar-refractivity contribution in [2.45, 2.75) is 18.7 Å². The molecule has 0 heterocycles. The first-order valence-corrected chi connectivity index (χ1v) is 7.98. The number of nitrogens with zero attached hydrogens (tertiary/aromatic N) is 1. The van der Waals surface area contributed by atoms with Crippen LogP contribution in [-0.2, 0) is 10.0 Å². The van der Waals surface area contributed by atoms with Crippen molar-refractivity contribution in [1.29, 1.82) is 0 Å². The second kappa shape index (κ2) is 5.65. The summed E-state index contributed by atoms with van der Waals surface area (Å²) >= 11 is 0. The lowest BCUT2D eigenvalue weighted by atomic mass is 10.2. The number of sulfonamides is 1. The third-order valence-electron chi connectivity index (χ3n) is 3.26. The summed E-state index contributed by atoms with van der Waals surface area (Å²) in [4.78, 5) is 0.0582. The van der Waals surface area contributed by atoms with E-state index < -0.39 is 10.0 Å². The fourth-order valence-corrected chi connectivity index (χ4v) is 3.71. The molecule has 0 fully saturated rings. The van der Waals surface area contributed by atoms with Crippen molar-refractivity contribution in [2.75, 3.05) is 16.6 Å². The van der Waals surface area contributed by atoms with Crippen molar-refractivity contribution in [3.63, 3.8) is 0 Å². The van der Waals surface area contributed by atoms with Crippen molar-refractivity contribution in [3.05, 3.63) is 48.0 Å². The predicted molar refractivity (Wildman–Crippen MR) is 83.9 cm³/mol. The fraction of sp³-hybridized carbons (Fsp3) is 0.200. The molecule has 0 aliphatic heterocycles. The smallest absolute Gasteiger partial charge is 0.264 e. The van der Waals surface area contributed by atoms with Crippen LogP contribution in [0.15, 0.2) is 47.4 Å². The number of para-hydroxylation sites is 1. The molecule has 0 radical (unpaired) electrons. The van der Waals surface area contributed by atoms with Gasteiger partial charge < -0.3 is 10.8 Å². The van der Waals surface area contributed by atoms with E-state index in [2.05, 4.69) is 0 Å². The standard InChI is InChI=1S/C15H18N2O3S/c1-3-17(14-7-5-4-6-11(14)2)21(19,20)12-8-9-15(18)13(16)10-12/h4-10,18H,3,16H2,1-2H3. The lowest BCUT2D eigenvalue weighted by Crippen LogP contribution is -2.31. The topological polar surface area (TPSA) is 83.6 Å². The molecule has 21 heavy (non-hydrogen) atoms. The molecular formula is C15H18N2O3S. The normalized spacial score (nSPS) is 11.3. The van der Waals surface area contributed by atoms with E-state index in [0.717, 1.165) is 5.56 Å². The molecule has 0 saturated carbocycles. The fourth-order valence-electron chi connectivity index (χ4n) is 2.13. The summed E-state index contributed by atoms with van der Waals surface area (Å²) < 4.78 is 26.9. The van der Waals surface area contributed by atoms with Crippen LogP contribution in [0.1, 0.15) is 12.5 Å². The lowest BCUT2D eigenvalue weighted by molar-refractivity contribution is 0.477. The first-order valence-electron chi connectivity index (χ1n) is 6.54. The number of nitrogens with two attached hydrogens (primary N) is 1. The van der Waals surface area contributed by atoms with Crippen molar-refractivity contribution < 1.29 is 13.5 Å². The van der Waals surface area contributed by atoms with Gasteiger partial charge in [-0.1, -0.05) is 18.2 Å². The van der Waals surface area contributed by atoms with Crippen LogP contribution in [0.25, 0.3) is 0 Å². The molecule has 2 aromatic rings. The minimum absolute atomic E-state index is 0.0388. The molecule has 5 nitrogen and oxygen atoms in total. The zero-order chi connectivity index (χ0) is 15.6. The number of benzene rings is 2. The van der Waals surface area contributed by atoms with Crippen LogP contribution >= 0.6 is 0 Å². The molecular weight excluding hydrogens is 288 g/mol. The monoisotopic (exact) mass is 306 g/mol. The molecule has 0 amide bonds. The van der Waals surface area contributed by atoms with E-state index in [-0.39, 0.29) is 16.3 Å². The molecule has 112 valence electrons. The minimum Gasteiger partial charge on any atom is -0.506 e. The highest BCUT2D eigenvalue weighted by Gasteiger charge is 2.25. The van der Waals surface area contributed by atoms with E-state index in [0.29, 0.717) is 12.2 Å². The summed E-state index contributed by atoms with van der Waals surface area (Å²) in [6, 6.07) is 11.2. The van der Waals surface area contributed by atoms with Gasteiger partial charge in [0, 0.05) is 6.54 Å². The van der Waals surface area contributed by atoms with Crippen LogP contribution in [0, 0.1) is 6.92 Å². The molecule has 0 atom stereocenters. The van der Waals surface area contributed by atoms with E-state index in [9.17, 15) is 13.5 Å². The van der Waals surface area contributed by atoms with E-state index in [1.54, 1.807) is 19.1 Å². The quantitative estimate of drug-likeness (QED) is 0.671. The molecule has 0 aliphatic rings. The van der Waals surface area contributed by atoms with Crippen LogP contribution in [0.2, 0.25) is 0 Å². The zero-order valence-electron chi connectivity index (χ0n) is 11.9. The van der Waals surface area contributed by atoms with Crippen LogP contribution in [-0.4, -0.2) is 20.1 Å². The molecule has 0 aliphatic carbocycles. The summed E-state index contributed by atoms with van der Waals surface area (Å²) in [5.74, 6) is -0.132. The van der Waals surface area contributed by atoms with Crippen molar-refractivity contribution >= 4 is 21.4 Å². The van der Waals surface area contributed by atoms with E-state index in [4.69, 9.17) is 5.73 Å². The summed E-state index contributed by atoms with van der Waals surface area (Å²) in [5, 5.41) is 9.43. The van der Waals surface area contributed by atoms with Gasteiger partial charge in [-0.05, 0) is 43.7 Å². The molecule has 6 heteroatoms. The Balaban J connectivity index is 2.55. The molecule has 3 N–H and O–H groups in total. The number of nitrogen functional groups attached to an aromatic ring is 1. The average Bonchev–Trinajstić information content (AvgIpc) is 2.44. The largest absolute Gasteiger partial charge is 0.506 e. The van der Waals surface area contributed by atoms with Gasteiger partial charge >= 0.3 is 0 Å². The van der Waals surface area contributed by atoms with Gasteiger partial charge in [-0.25, -0.2) is 8.42 Å². The van der Waals surface area contributed by atoms with Gasteiger partial charge in [0.2, 0.25) is 0 Å². The number of phenolic OH excluding ortho intramolecular Hbond substituents is 1. The first kappa shape index (κ1) is 15.2. The molecule has 0 unspecified atom stereocenters. The Morgan fingerprint density at radius 2 is 1.86 bits per heavy atom. The Kier molecular flexibility index (Phi) is 4.09. The Hall–Kier alpha value is -2.21. The lowest BCUT2D eigenvalue weighted by Gasteiger charge is -2.24. The number of anilines is 2. The van der Waals surface area contributed by atoms with Crippen molar-refractivity contribution in [1.82, 2.24) is 0 Å². The maximum Gasteiger partial charge on any atom is 0.264 e. The summed E-state index contributed by atoms with van der Waals surface area (Å²) in [6.45, 7) is 3.93. The van der Waals surface area contributed by atoms with Crippen LogP contribution in [0.3, 0.4) is 0 Å². The second-order valence-corrected chi connectivity index (χ2v) is 6.54. The first-order chi connectivity index (χ1) is 9.87. The van der Waals surface area contributed by atoms with Gasteiger partial charge in [0.05, 0.1) is 16.3 Å². The van der Waals surface area contributed by atoms with Gasteiger partial charge in [0.25, 0.3) is 10.0 Å². The highest BCUT2D eigenvalue weighted by atomic mass is 32.2. The summed E-state index contributed by atoms with van der Waals surface area (Å²) in [5.41, 5.74) is 7.13. The average molecular weight is 306 g/mol. The number of rotatable bonds is 4. The van der Waals surface area contributed by atoms with Crippen LogP contribution in [0.4, 0.5) is 11.4 Å². The maximum atomic E-state index is 12.8. The third-order valence-corrected chi connectivity index (χ3v) is 5.14. The maximum absolute atomic E-state index is 12.8. The minimum atomic E-state index is -3.72. The molecule has 0 aromatic heterocycles. The number of aryl methyl sites for hydroxylation is 1. The van der Waals surface area contributed by atoms with Crippen molar-refractivity contribution in [2.24, 2.45) is 0 Å². The van der Waals surface area contributed by atoms with E-state index in [1.165, 1.54) is 22.5 Å². The molecule has 2 aromatic carbocycles. The highest BCUT2D eigenvalue weighted by molar-refractivity contribution is 7.92. The van der Waals surface area contributed by atoms with Gasteiger partial charge in [0.1, 0.15) is 5.75 Å². The Bertz CT molecular complexity index is 757. The number of hydrogen-bond donors (Lipinski definition) is 2. The summed E-state index contributed by atoms with van der Waals surface area (Å²) in [7, 11) is -3.72. The van der Waals surface area contributed by atoms with Crippen LogP contribution < -0.4 is 10.0 Å².